The van der Waals surface area contributed by atoms with E-state index >= 15 is 0 Å². The molecule has 0 unspecified atom stereocenters. The van der Waals surface area contributed by atoms with Crippen molar-refractivity contribution < 1.29 is 13.9 Å². The van der Waals surface area contributed by atoms with Crippen LogP contribution in [-0.4, -0.2) is 19.2 Å². The molecule has 0 aliphatic carbocycles. The smallest absolute Gasteiger partial charge is 0.315 e. The lowest BCUT2D eigenvalue weighted by atomic mass is 9.87. The van der Waals surface area contributed by atoms with Crippen molar-refractivity contribution in [3.05, 3.63) is 54.0 Å². The Hall–Kier alpha value is -2.43. The minimum atomic E-state index is -0.243. The van der Waals surface area contributed by atoms with Crippen LogP contribution in [0.15, 0.2) is 47.1 Å². The SMILES string of the molecule is CC(C)(C)c1ccc(OCCNC(=O)NCc2ccco2)cc1. The fraction of sp³-hybridized carbons (Fsp3) is 0.389. The molecule has 5 nitrogen and oxygen atoms in total. The molecule has 23 heavy (non-hydrogen) atoms. The van der Waals surface area contributed by atoms with Gasteiger partial charge in [0.15, 0.2) is 0 Å². The third-order valence-electron chi connectivity index (χ3n) is 3.38. The lowest BCUT2D eigenvalue weighted by molar-refractivity contribution is 0.235. The molecule has 1 heterocycles. The van der Waals surface area contributed by atoms with Crippen LogP contribution in [0, 0.1) is 0 Å². The highest BCUT2D eigenvalue weighted by Gasteiger charge is 2.12. The van der Waals surface area contributed by atoms with E-state index in [2.05, 4.69) is 43.5 Å². The number of nitrogens with one attached hydrogen (secondary N) is 2. The number of carbonyl (C=O) groups excluding carboxylic acids is 1. The summed E-state index contributed by atoms with van der Waals surface area (Å²) in [4.78, 5) is 11.6. The van der Waals surface area contributed by atoms with Crippen LogP contribution in [0.2, 0.25) is 0 Å². The fourth-order valence-electron chi connectivity index (χ4n) is 2.03. The summed E-state index contributed by atoms with van der Waals surface area (Å²) in [6.45, 7) is 7.75. The van der Waals surface area contributed by atoms with E-state index < -0.39 is 0 Å². The summed E-state index contributed by atoms with van der Waals surface area (Å²) in [7, 11) is 0. The quantitative estimate of drug-likeness (QED) is 0.802. The lowest BCUT2D eigenvalue weighted by Crippen LogP contribution is -2.37. The number of furan rings is 1. The maximum atomic E-state index is 11.6. The molecule has 0 aliphatic heterocycles. The number of amides is 2. The van der Waals surface area contributed by atoms with Gasteiger partial charge in [-0.05, 0) is 35.2 Å². The highest BCUT2D eigenvalue weighted by molar-refractivity contribution is 5.73. The predicted octanol–water partition coefficient (Wildman–Crippen LogP) is 3.46. The van der Waals surface area contributed by atoms with Gasteiger partial charge in [0, 0.05) is 0 Å². The maximum absolute atomic E-state index is 11.6. The molecule has 0 saturated heterocycles. The Labute approximate surface area is 137 Å². The van der Waals surface area contributed by atoms with E-state index in [0.717, 1.165) is 11.5 Å². The Morgan fingerprint density at radius 3 is 2.48 bits per heavy atom. The van der Waals surface area contributed by atoms with Crippen LogP contribution in [0.4, 0.5) is 4.79 Å². The highest BCUT2D eigenvalue weighted by atomic mass is 16.5. The number of hydrogen-bond acceptors (Lipinski definition) is 3. The first-order chi connectivity index (χ1) is 10.9. The molecule has 0 atom stereocenters. The molecule has 5 heteroatoms. The second-order valence-corrected chi connectivity index (χ2v) is 6.31. The number of rotatable bonds is 6. The first-order valence-electron chi connectivity index (χ1n) is 7.72. The van der Waals surface area contributed by atoms with Crippen molar-refractivity contribution in [2.24, 2.45) is 0 Å². The summed E-state index contributed by atoms with van der Waals surface area (Å²) in [5, 5.41) is 5.44. The molecule has 2 rings (SSSR count). The van der Waals surface area contributed by atoms with Gasteiger partial charge in [-0.25, -0.2) is 4.79 Å². The number of ether oxygens (including phenoxy) is 1. The zero-order valence-electron chi connectivity index (χ0n) is 13.9. The van der Waals surface area contributed by atoms with Crippen molar-refractivity contribution in [2.45, 2.75) is 32.7 Å². The minimum Gasteiger partial charge on any atom is -0.492 e. The Bertz CT molecular complexity index is 598. The first-order valence-corrected chi connectivity index (χ1v) is 7.72. The maximum Gasteiger partial charge on any atom is 0.315 e. The minimum absolute atomic E-state index is 0.131. The van der Waals surface area contributed by atoms with Crippen molar-refractivity contribution in [3.63, 3.8) is 0 Å². The largest absolute Gasteiger partial charge is 0.492 e. The summed E-state index contributed by atoms with van der Waals surface area (Å²) in [6.07, 6.45) is 1.58. The Balaban J connectivity index is 1.64. The van der Waals surface area contributed by atoms with Crippen molar-refractivity contribution in [3.8, 4) is 5.75 Å². The zero-order chi connectivity index (χ0) is 16.7. The predicted molar refractivity (Wildman–Crippen MR) is 89.6 cm³/mol. The van der Waals surface area contributed by atoms with Gasteiger partial charge in [-0.1, -0.05) is 32.9 Å². The van der Waals surface area contributed by atoms with Crippen LogP contribution in [0.25, 0.3) is 0 Å². The van der Waals surface area contributed by atoms with Gasteiger partial charge in [-0.2, -0.15) is 0 Å². The summed E-state index contributed by atoms with van der Waals surface area (Å²) in [6, 6.07) is 11.4. The van der Waals surface area contributed by atoms with Crippen molar-refractivity contribution in [2.75, 3.05) is 13.2 Å². The average molecular weight is 316 g/mol. The van der Waals surface area contributed by atoms with Crippen LogP contribution >= 0.6 is 0 Å². The molecule has 0 spiro atoms. The van der Waals surface area contributed by atoms with Gasteiger partial charge in [0.1, 0.15) is 18.1 Å². The van der Waals surface area contributed by atoms with E-state index in [-0.39, 0.29) is 11.4 Å². The summed E-state index contributed by atoms with van der Waals surface area (Å²) in [5.41, 5.74) is 1.40. The van der Waals surface area contributed by atoms with Crippen LogP contribution in [0.5, 0.6) is 5.75 Å². The van der Waals surface area contributed by atoms with Crippen LogP contribution in [0.3, 0.4) is 0 Å². The topological polar surface area (TPSA) is 63.5 Å². The normalized spacial score (nSPS) is 11.1. The molecule has 0 radical (unpaired) electrons. The number of carbonyl (C=O) groups is 1. The monoisotopic (exact) mass is 316 g/mol. The van der Waals surface area contributed by atoms with Gasteiger partial charge in [-0.15, -0.1) is 0 Å². The van der Waals surface area contributed by atoms with Gasteiger partial charge in [0.2, 0.25) is 0 Å². The summed E-state index contributed by atoms with van der Waals surface area (Å²) < 4.78 is 10.7. The van der Waals surface area contributed by atoms with Gasteiger partial charge in [0.25, 0.3) is 0 Å². The molecule has 1 aromatic carbocycles. The molecular weight excluding hydrogens is 292 g/mol. The van der Waals surface area contributed by atoms with Gasteiger partial charge in [0.05, 0.1) is 19.4 Å². The Kier molecular flexibility index (Phi) is 5.68. The molecule has 0 fully saturated rings. The van der Waals surface area contributed by atoms with Crippen LogP contribution in [-0.2, 0) is 12.0 Å². The molecule has 2 aromatic rings. The van der Waals surface area contributed by atoms with Gasteiger partial charge >= 0.3 is 6.03 Å². The van der Waals surface area contributed by atoms with Crippen molar-refractivity contribution in [1.82, 2.24) is 10.6 Å². The molecule has 1 aromatic heterocycles. The van der Waals surface area contributed by atoms with Crippen LogP contribution in [0.1, 0.15) is 32.1 Å². The molecule has 0 saturated carbocycles. The number of urea groups is 1. The standard InChI is InChI=1S/C18H24N2O3/c1-18(2,3)14-6-8-15(9-7-14)23-12-10-19-17(21)20-13-16-5-4-11-22-16/h4-9,11H,10,12-13H2,1-3H3,(H2,19,20,21). The van der Waals surface area contributed by atoms with E-state index in [9.17, 15) is 4.79 Å². The van der Waals surface area contributed by atoms with Gasteiger partial charge in [-0.3, -0.25) is 0 Å². The third-order valence-corrected chi connectivity index (χ3v) is 3.38. The van der Waals surface area contributed by atoms with Crippen molar-refractivity contribution in [1.29, 1.82) is 0 Å². The summed E-state index contributed by atoms with van der Waals surface area (Å²) in [5.74, 6) is 1.52. The zero-order valence-corrected chi connectivity index (χ0v) is 13.9. The Morgan fingerprint density at radius 1 is 1.13 bits per heavy atom. The van der Waals surface area contributed by atoms with E-state index in [1.807, 2.05) is 18.2 Å². The van der Waals surface area contributed by atoms with E-state index in [1.165, 1.54) is 5.56 Å². The molecule has 0 aliphatic rings. The molecule has 2 N–H and O–H groups in total. The van der Waals surface area contributed by atoms with E-state index in [0.29, 0.717) is 19.7 Å². The number of hydrogen-bond donors (Lipinski definition) is 2. The number of benzene rings is 1. The fourth-order valence-corrected chi connectivity index (χ4v) is 2.03. The van der Waals surface area contributed by atoms with Crippen LogP contribution < -0.4 is 15.4 Å². The third kappa shape index (κ3) is 5.70. The van der Waals surface area contributed by atoms with E-state index in [4.69, 9.17) is 9.15 Å². The lowest BCUT2D eigenvalue weighted by Gasteiger charge is -2.19. The first kappa shape index (κ1) is 16.9. The second-order valence-electron chi connectivity index (χ2n) is 6.31. The van der Waals surface area contributed by atoms with E-state index in [1.54, 1.807) is 12.3 Å². The average Bonchev–Trinajstić information content (AvgIpc) is 3.02. The molecule has 0 bridgehead atoms. The molecular formula is C18H24N2O3. The van der Waals surface area contributed by atoms with Gasteiger partial charge < -0.3 is 19.8 Å². The highest BCUT2D eigenvalue weighted by Crippen LogP contribution is 2.24. The van der Waals surface area contributed by atoms with Crippen molar-refractivity contribution >= 4 is 6.03 Å². The summed E-state index contributed by atoms with van der Waals surface area (Å²) >= 11 is 0. The second kappa shape index (κ2) is 7.72. The Morgan fingerprint density at radius 2 is 1.87 bits per heavy atom. The molecule has 2 amide bonds. The molecule has 124 valence electrons.